The number of carbonyl (C=O) groups excluding carboxylic acids is 2. The first-order chi connectivity index (χ1) is 13.4. The molecule has 146 valence electrons. The van der Waals surface area contributed by atoms with Gasteiger partial charge in [-0.25, -0.2) is 4.79 Å². The van der Waals surface area contributed by atoms with Crippen LogP contribution in [0.4, 0.5) is 10.5 Å². The summed E-state index contributed by atoms with van der Waals surface area (Å²) in [6.45, 7) is 1.70. The number of benzene rings is 2. The third-order valence-electron chi connectivity index (χ3n) is 4.37. The minimum Gasteiger partial charge on any atom is -0.497 e. The fraction of sp³-hybridized carbons (Fsp3) is 0.200. The van der Waals surface area contributed by atoms with Crippen LogP contribution in [0.15, 0.2) is 58.2 Å². The van der Waals surface area contributed by atoms with Gasteiger partial charge >= 0.3 is 6.03 Å². The van der Waals surface area contributed by atoms with Crippen LogP contribution in [0.5, 0.6) is 11.5 Å². The first-order valence-electron chi connectivity index (χ1n) is 8.50. The van der Waals surface area contributed by atoms with Crippen molar-refractivity contribution in [2.75, 3.05) is 19.5 Å². The normalized spacial score (nSPS) is 16.1. The molecule has 0 saturated heterocycles. The van der Waals surface area contributed by atoms with E-state index in [2.05, 4.69) is 31.9 Å². The highest BCUT2D eigenvalue weighted by Gasteiger charge is 2.31. The molecule has 0 bridgehead atoms. The fourth-order valence-corrected chi connectivity index (χ4v) is 3.26. The molecule has 1 atom stereocenters. The van der Waals surface area contributed by atoms with Gasteiger partial charge in [-0.05, 0) is 36.8 Å². The van der Waals surface area contributed by atoms with Crippen LogP contribution in [-0.2, 0) is 4.79 Å². The van der Waals surface area contributed by atoms with E-state index in [-0.39, 0.29) is 11.9 Å². The number of methoxy groups -OCH3 is 2. The number of hydrogen-bond acceptors (Lipinski definition) is 4. The third-order valence-corrected chi connectivity index (χ3v) is 4.90. The van der Waals surface area contributed by atoms with Gasteiger partial charge in [-0.1, -0.05) is 28.1 Å². The number of hydrogen-bond donors (Lipinski definition) is 3. The van der Waals surface area contributed by atoms with Crippen molar-refractivity contribution in [3.63, 3.8) is 0 Å². The van der Waals surface area contributed by atoms with E-state index in [0.29, 0.717) is 28.5 Å². The Morgan fingerprint density at radius 1 is 1.11 bits per heavy atom. The smallest absolute Gasteiger partial charge is 0.319 e. The highest BCUT2D eigenvalue weighted by atomic mass is 79.9. The Labute approximate surface area is 171 Å². The zero-order valence-electron chi connectivity index (χ0n) is 15.6. The van der Waals surface area contributed by atoms with Crippen LogP contribution in [0.2, 0.25) is 0 Å². The molecule has 7 nitrogen and oxygen atoms in total. The highest BCUT2D eigenvalue weighted by Crippen LogP contribution is 2.32. The van der Waals surface area contributed by atoms with E-state index in [1.165, 1.54) is 7.11 Å². The monoisotopic (exact) mass is 445 g/mol. The number of urea groups is 1. The SMILES string of the molecule is COc1ccc(NC(=O)C2=C(C)NC(=O)N[C@@H]2c2ccc(Br)cc2)c(OC)c1. The second-order valence-corrected chi connectivity index (χ2v) is 7.06. The summed E-state index contributed by atoms with van der Waals surface area (Å²) in [6, 6.07) is 11.6. The Kier molecular flexibility index (Phi) is 5.89. The van der Waals surface area contributed by atoms with E-state index >= 15 is 0 Å². The fourth-order valence-electron chi connectivity index (χ4n) is 2.99. The predicted molar refractivity (Wildman–Crippen MR) is 109 cm³/mol. The van der Waals surface area contributed by atoms with Gasteiger partial charge in [0.15, 0.2) is 0 Å². The lowest BCUT2D eigenvalue weighted by atomic mass is 9.95. The van der Waals surface area contributed by atoms with Gasteiger partial charge in [0.05, 0.1) is 31.5 Å². The summed E-state index contributed by atoms with van der Waals surface area (Å²) in [6.07, 6.45) is 0. The van der Waals surface area contributed by atoms with Crippen LogP contribution in [0.25, 0.3) is 0 Å². The summed E-state index contributed by atoms with van der Waals surface area (Å²) in [5.74, 6) is 0.741. The maximum Gasteiger partial charge on any atom is 0.319 e. The number of anilines is 1. The lowest BCUT2D eigenvalue weighted by molar-refractivity contribution is -0.113. The van der Waals surface area contributed by atoms with Crippen molar-refractivity contribution in [2.45, 2.75) is 13.0 Å². The molecule has 3 N–H and O–H groups in total. The van der Waals surface area contributed by atoms with Crippen molar-refractivity contribution in [3.8, 4) is 11.5 Å². The van der Waals surface area contributed by atoms with Crippen LogP contribution >= 0.6 is 15.9 Å². The van der Waals surface area contributed by atoms with Crippen molar-refractivity contribution >= 4 is 33.6 Å². The summed E-state index contributed by atoms with van der Waals surface area (Å²) in [7, 11) is 3.07. The lowest BCUT2D eigenvalue weighted by Gasteiger charge is -2.29. The Morgan fingerprint density at radius 2 is 1.82 bits per heavy atom. The molecule has 1 aliphatic rings. The lowest BCUT2D eigenvalue weighted by Crippen LogP contribution is -2.45. The van der Waals surface area contributed by atoms with E-state index < -0.39 is 6.04 Å². The minimum atomic E-state index is -0.578. The molecule has 0 fully saturated rings. The molecule has 0 unspecified atom stereocenters. The topological polar surface area (TPSA) is 88.7 Å². The molecule has 0 spiro atoms. The molecule has 1 aliphatic heterocycles. The first kappa shape index (κ1) is 19.8. The molecule has 28 heavy (non-hydrogen) atoms. The van der Waals surface area contributed by atoms with E-state index in [1.807, 2.05) is 24.3 Å². The average molecular weight is 446 g/mol. The summed E-state index contributed by atoms with van der Waals surface area (Å²) in [4.78, 5) is 25.1. The highest BCUT2D eigenvalue weighted by molar-refractivity contribution is 9.10. The Balaban J connectivity index is 1.94. The van der Waals surface area contributed by atoms with Gasteiger partial charge in [-0.15, -0.1) is 0 Å². The van der Waals surface area contributed by atoms with Crippen molar-refractivity contribution in [1.82, 2.24) is 10.6 Å². The maximum atomic E-state index is 13.1. The average Bonchev–Trinajstić information content (AvgIpc) is 2.68. The molecule has 2 aromatic rings. The molecule has 2 aromatic carbocycles. The van der Waals surface area contributed by atoms with Crippen LogP contribution in [0.1, 0.15) is 18.5 Å². The molecular formula is C20H20BrN3O4. The van der Waals surface area contributed by atoms with Crippen molar-refractivity contribution in [2.24, 2.45) is 0 Å². The van der Waals surface area contributed by atoms with Gasteiger partial charge in [0, 0.05) is 16.2 Å². The quantitative estimate of drug-likeness (QED) is 0.653. The van der Waals surface area contributed by atoms with Crippen molar-refractivity contribution in [3.05, 3.63) is 63.8 Å². The molecule has 3 rings (SSSR count). The van der Waals surface area contributed by atoms with Gasteiger partial charge in [0.1, 0.15) is 11.5 Å². The number of rotatable bonds is 5. The summed E-state index contributed by atoms with van der Waals surface area (Å²) >= 11 is 3.39. The first-order valence-corrected chi connectivity index (χ1v) is 9.29. The van der Waals surface area contributed by atoms with Gasteiger partial charge in [-0.3, -0.25) is 4.79 Å². The van der Waals surface area contributed by atoms with E-state index in [0.717, 1.165) is 10.0 Å². The largest absolute Gasteiger partial charge is 0.497 e. The number of allylic oxidation sites excluding steroid dienone is 1. The van der Waals surface area contributed by atoms with Crippen LogP contribution in [0, 0.1) is 0 Å². The Hall–Kier alpha value is -3.00. The Bertz CT molecular complexity index is 941. The summed E-state index contributed by atoms with van der Waals surface area (Å²) in [5, 5.41) is 8.33. The standard InChI is InChI=1S/C20H20BrN3O4/c1-11-17(18(24-20(26)22-11)12-4-6-13(21)7-5-12)19(25)23-15-9-8-14(27-2)10-16(15)28-3/h4-10,18H,1-3H3,(H,23,25)(H2,22,24,26)/t18-/m1/s1. The van der Waals surface area contributed by atoms with Crippen LogP contribution in [-0.4, -0.2) is 26.2 Å². The molecule has 3 amide bonds. The number of nitrogens with one attached hydrogen (secondary N) is 3. The molecular weight excluding hydrogens is 426 g/mol. The van der Waals surface area contributed by atoms with Crippen LogP contribution < -0.4 is 25.4 Å². The maximum absolute atomic E-state index is 13.1. The number of ether oxygens (including phenoxy) is 2. The summed E-state index contributed by atoms with van der Waals surface area (Å²) < 4.78 is 11.4. The molecule has 0 radical (unpaired) electrons. The zero-order chi connectivity index (χ0) is 20.3. The molecule has 0 saturated carbocycles. The van der Waals surface area contributed by atoms with Crippen molar-refractivity contribution < 1.29 is 19.1 Å². The second-order valence-electron chi connectivity index (χ2n) is 6.14. The van der Waals surface area contributed by atoms with E-state index in [9.17, 15) is 9.59 Å². The van der Waals surface area contributed by atoms with Crippen LogP contribution in [0.3, 0.4) is 0 Å². The predicted octanol–water partition coefficient (Wildman–Crippen LogP) is 3.73. The number of carbonyl (C=O) groups is 2. The Morgan fingerprint density at radius 3 is 2.46 bits per heavy atom. The second kappa shape index (κ2) is 8.35. The molecule has 1 heterocycles. The zero-order valence-corrected chi connectivity index (χ0v) is 17.2. The van der Waals surface area contributed by atoms with Crippen molar-refractivity contribution in [1.29, 1.82) is 0 Å². The number of amides is 3. The molecule has 0 aromatic heterocycles. The van der Waals surface area contributed by atoms with E-state index in [4.69, 9.17) is 9.47 Å². The molecule has 8 heteroatoms. The van der Waals surface area contributed by atoms with Gasteiger partial charge < -0.3 is 25.4 Å². The summed E-state index contributed by atoms with van der Waals surface area (Å²) in [5.41, 5.74) is 2.20. The number of halogens is 1. The minimum absolute atomic E-state index is 0.346. The van der Waals surface area contributed by atoms with E-state index in [1.54, 1.807) is 32.2 Å². The van der Waals surface area contributed by atoms with Gasteiger partial charge in [0.25, 0.3) is 5.91 Å². The molecule has 0 aliphatic carbocycles. The van der Waals surface area contributed by atoms with Gasteiger partial charge in [-0.2, -0.15) is 0 Å². The van der Waals surface area contributed by atoms with Gasteiger partial charge in [0.2, 0.25) is 0 Å². The third kappa shape index (κ3) is 4.12.